The third kappa shape index (κ3) is 6.82. The molecule has 3 N–H and O–H groups in total. The predicted molar refractivity (Wildman–Crippen MR) is 89.6 cm³/mol. The fourth-order valence-electron chi connectivity index (χ4n) is 1.87. The molecule has 1 heterocycles. The van der Waals surface area contributed by atoms with Gasteiger partial charge in [0.2, 0.25) is 5.91 Å². The fraction of sp³-hybridized carbons (Fsp3) is 0.625. The van der Waals surface area contributed by atoms with Crippen LogP contribution < -0.4 is 5.73 Å². The van der Waals surface area contributed by atoms with Gasteiger partial charge in [0.25, 0.3) is 0 Å². The summed E-state index contributed by atoms with van der Waals surface area (Å²) in [5.41, 5.74) is 4.22. The molecule has 0 unspecified atom stereocenters. The first kappa shape index (κ1) is 20.5. The summed E-state index contributed by atoms with van der Waals surface area (Å²) in [5.74, 6) is -0.869. The van der Waals surface area contributed by atoms with E-state index in [2.05, 4.69) is 9.97 Å². The molecule has 0 saturated carbocycles. The number of amides is 3. The zero-order valence-corrected chi connectivity index (χ0v) is 15.5. The molecule has 3 amide bonds. The second kappa shape index (κ2) is 7.54. The Hall–Kier alpha value is -2.58. The van der Waals surface area contributed by atoms with Gasteiger partial charge in [0, 0.05) is 18.3 Å². The second-order valence-corrected chi connectivity index (χ2v) is 7.53. The van der Waals surface area contributed by atoms with Crippen molar-refractivity contribution in [3.63, 3.8) is 0 Å². The number of imide groups is 1. The van der Waals surface area contributed by atoms with E-state index in [0.29, 0.717) is 10.6 Å². The number of H-pyrrole nitrogens is 1. The molecule has 1 aromatic rings. The number of nitrogens with zero attached hydrogens (tertiary/aromatic N) is 2. The molecule has 0 saturated heterocycles. The van der Waals surface area contributed by atoms with Crippen molar-refractivity contribution < 1.29 is 23.9 Å². The summed E-state index contributed by atoms with van der Waals surface area (Å²) in [6.45, 7) is 9.87. The van der Waals surface area contributed by atoms with Gasteiger partial charge < -0.3 is 20.2 Å². The first-order valence-electron chi connectivity index (χ1n) is 7.82. The van der Waals surface area contributed by atoms with E-state index < -0.39 is 35.3 Å². The molecule has 1 aromatic heterocycles. The Balaban J connectivity index is 3.18. The Morgan fingerprint density at radius 2 is 1.60 bits per heavy atom. The largest absolute Gasteiger partial charge is 0.443 e. The summed E-state index contributed by atoms with van der Waals surface area (Å²) < 4.78 is 10.5. The van der Waals surface area contributed by atoms with Crippen LogP contribution in [-0.2, 0) is 20.7 Å². The summed E-state index contributed by atoms with van der Waals surface area (Å²) in [4.78, 5) is 44.3. The van der Waals surface area contributed by atoms with Gasteiger partial charge in [-0.3, -0.25) is 4.79 Å². The number of nitrogens with two attached hydrogens (primary N) is 1. The molecular weight excluding hydrogens is 328 g/mol. The lowest BCUT2D eigenvalue weighted by Crippen LogP contribution is -2.54. The second-order valence-electron chi connectivity index (χ2n) is 7.53. The number of hydrogen-bond donors (Lipinski definition) is 2. The number of nitrogens with one attached hydrogen (secondary N) is 1. The number of rotatable bonds is 4. The monoisotopic (exact) mass is 354 g/mol. The van der Waals surface area contributed by atoms with E-state index in [1.54, 1.807) is 41.5 Å². The Bertz CT molecular complexity index is 585. The molecule has 0 bridgehead atoms. The molecule has 0 radical (unpaired) electrons. The molecular formula is C16H26N4O5. The Labute approximate surface area is 146 Å². The van der Waals surface area contributed by atoms with Gasteiger partial charge in [0.15, 0.2) is 0 Å². The molecule has 9 heteroatoms. The van der Waals surface area contributed by atoms with Crippen molar-refractivity contribution in [2.45, 2.75) is 65.2 Å². The van der Waals surface area contributed by atoms with E-state index in [-0.39, 0.29) is 6.42 Å². The molecule has 0 spiro atoms. The zero-order valence-electron chi connectivity index (χ0n) is 15.5. The first-order valence-corrected chi connectivity index (χ1v) is 7.82. The maximum Gasteiger partial charge on any atom is 0.420 e. The van der Waals surface area contributed by atoms with Gasteiger partial charge in [-0.05, 0) is 41.5 Å². The highest BCUT2D eigenvalue weighted by Crippen LogP contribution is 2.18. The summed E-state index contributed by atoms with van der Waals surface area (Å²) >= 11 is 0. The highest BCUT2D eigenvalue weighted by molar-refractivity contribution is 5.95. The van der Waals surface area contributed by atoms with Gasteiger partial charge in [-0.15, -0.1) is 0 Å². The van der Waals surface area contributed by atoms with E-state index in [0.717, 1.165) is 0 Å². The van der Waals surface area contributed by atoms with Gasteiger partial charge in [-0.25, -0.2) is 14.6 Å². The van der Waals surface area contributed by atoms with Crippen LogP contribution in [0.1, 0.15) is 47.2 Å². The molecule has 0 aromatic carbocycles. The van der Waals surface area contributed by atoms with Gasteiger partial charge in [-0.1, -0.05) is 0 Å². The smallest absolute Gasteiger partial charge is 0.420 e. The summed E-state index contributed by atoms with van der Waals surface area (Å²) in [6.07, 6.45) is 0.834. The van der Waals surface area contributed by atoms with Crippen molar-refractivity contribution in [1.29, 1.82) is 0 Å². The quantitative estimate of drug-likeness (QED) is 0.851. The van der Waals surface area contributed by atoms with Gasteiger partial charge in [0.1, 0.15) is 17.2 Å². The van der Waals surface area contributed by atoms with Crippen LogP contribution in [0.15, 0.2) is 12.5 Å². The molecule has 140 valence electrons. The van der Waals surface area contributed by atoms with Crippen LogP contribution in [0, 0.1) is 0 Å². The van der Waals surface area contributed by atoms with E-state index in [9.17, 15) is 14.4 Å². The highest BCUT2D eigenvalue weighted by atomic mass is 16.6. The fourth-order valence-corrected chi connectivity index (χ4v) is 1.87. The maximum atomic E-state index is 12.5. The normalized spacial score (nSPS) is 13.0. The summed E-state index contributed by atoms with van der Waals surface area (Å²) in [7, 11) is 0. The van der Waals surface area contributed by atoms with Crippen LogP contribution in [0.4, 0.5) is 9.59 Å². The van der Waals surface area contributed by atoms with Crippen molar-refractivity contribution in [2.75, 3.05) is 0 Å². The van der Waals surface area contributed by atoms with E-state index in [4.69, 9.17) is 15.2 Å². The molecule has 0 fully saturated rings. The van der Waals surface area contributed by atoms with Crippen LogP contribution in [0.3, 0.4) is 0 Å². The van der Waals surface area contributed by atoms with Crippen molar-refractivity contribution in [1.82, 2.24) is 14.9 Å². The minimum Gasteiger partial charge on any atom is -0.443 e. The number of primary amides is 1. The minimum atomic E-state index is -1.29. The zero-order chi connectivity index (χ0) is 19.4. The van der Waals surface area contributed by atoms with Gasteiger partial charge in [-0.2, -0.15) is 4.90 Å². The standard InChI is InChI=1S/C16H26N4O5/c1-15(2,3)24-13(22)20(14(23)25-16(4,5)6)11(12(17)21)7-10-8-18-9-19-10/h8-9,11H,7H2,1-6H3,(H2,17,21)(H,18,19)/t11-/m0/s1. The number of imidazole rings is 1. The van der Waals surface area contributed by atoms with Crippen molar-refractivity contribution in [2.24, 2.45) is 5.73 Å². The van der Waals surface area contributed by atoms with Gasteiger partial charge in [0.05, 0.1) is 6.33 Å². The lowest BCUT2D eigenvalue weighted by Gasteiger charge is -2.32. The molecule has 0 aliphatic heterocycles. The molecule has 25 heavy (non-hydrogen) atoms. The molecule has 0 aliphatic rings. The molecule has 1 atom stereocenters. The third-order valence-corrected chi connectivity index (χ3v) is 2.79. The topological polar surface area (TPSA) is 128 Å². The maximum absolute atomic E-state index is 12.5. The Morgan fingerprint density at radius 1 is 1.12 bits per heavy atom. The van der Waals surface area contributed by atoms with Crippen LogP contribution in [0.5, 0.6) is 0 Å². The third-order valence-electron chi connectivity index (χ3n) is 2.79. The average molecular weight is 354 g/mol. The van der Waals surface area contributed by atoms with Crippen molar-refractivity contribution in [3.05, 3.63) is 18.2 Å². The van der Waals surface area contributed by atoms with Crippen LogP contribution in [0.2, 0.25) is 0 Å². The van der Waals surface area contributed by atoms with Crippen molar-refractivity contribution >= 4 is 18.1 Å². The average Bonchev–Trinajstić information content (AvgIpc) is 2.86. The molecule has 9 nitrogen and oxygen atoms in total. The number of carbonyl (C=O) groups is 3. The number of hydrogen-bond acceptors (Lipinski definition) is 6. The number of carbonyl (C=O) groups excluding carboxylic acids is 3. The Kier molecular flexibility index (Phi) is 6.17. The first-order chi connectivity index (χ1) is 11.3. The summed E-state index contributed by atoms with van der Waals surface area (Å²) in [5, 5.41) is 0. The lowest BCUT2D eigenvalue weighted by atomic mass is 10.1. The van der Waals surface area contributed by atoms with E-state index in [1.165, 1.54) is 12.5 Å². The number of aromatic nitrogens is 2. The molecule has 1 rings (SSSR count). The highest BCUT2D eigenvalue weighted by Gasteiger charge is 2.39. The van der Waals surface area contributed by atoms with Crippen LogP contribution >= 0.6 is 0 Å². The van der Waals surface area contributed by atoms with E-state index >= 15 is 0 Å². The Morgan fingerprint density at radius 3 is 1.92 bits per heavy atom. The SMILES string of the molecule is CC(C)(C)OC(=O)N(C(=O)OC(C)(C)C)[C@@H](Cc1cnc[nH]1)C(N)=O. The lowest BCUT2D eigenvalue weighted by molar-refractivity contribution is -0.123. The van der Waals surface area contributed by atoms with E-state index in [1.807, 2.05) is 0 Å². The van der Waals surface area contributed by atoms with Crippen LogP contribution in [0.25, 0.3) is 0 Å². The predicted octanol–water partition coefficient (Wildman–Crippen LogP) is 1.98. The number of ether oxygens (including phenoxy) is 2. The number of aromatic amines is 1. The molecule has 0 aliphatic carbocycles. The summed E-state index contributed by atoms with van der Waals surface area (Å²) in [6, 6.07) is -1.29. The van der Waals surface area contributed by atoms with Crippen LogP contribution in [-0.4, -0.2) is 50.2 Å². The van der Waals surface area contributed by atoms with Crippen molar-refractivity contribution in [3.8, 4) is 0 Å². The van der Waals surface area contributed by atoms with Gasteiger partial charge >= 0.3 is 12.2 Å². The minimum absolute atomic E-state index is 0.0339.